The number of hydrogen-bond acceptors (Lipinski definition) is 2. The highest BCUT2D eigenvalue weighted by Gasteiger charge is 2.30. The van der Waals surface area contributed by atoms with Crippen molar-refractivity contribution in [3.05, 3.63) is 0 Å². The van der Waals surface area contributed by atoms with Crippen LogP contribution in [0, 0.1) is 0 Å². The highest BCUT2D eigenvalue weighted by molar-refractivity contribution is 5.76. The summed E-state index contributed by atoms with van der Waals surface area (Å²) in [6, 6.07) is 0.588. The molecular formula is C8H16N2O. The molecule has 1 aliphatic rings. The summed E-state index contributed by atoms with van der Waals surface area (Å²) in [4.78, 5) is 15.1. The largest absolute Gasteiger partial charge is 0.339 e. The van der Waals surface area contributed by atoms with Crippen LogP contribution in [-0.4, -0.2) is 48.9 Å². The first-order valence-electron chi connectivity index (χ1n) is 4.09. The number of carbonyl (C=O) groups excluding carboxylic acids is 1. The molecule has 3 heteroatoms. The molecule has 1 saturated heterocycles. The van der Waals surface area contributed by atoms with E-state index in [1.807, 2.05) is 11.8 Å². The van der Waals surface area contributed by atoms with E-state index in [1.165, 1.54) is 0 Å². The van der Waals surface area contributed by atoms with Crippen LogP contribution in [0.2, 0.25) is 0 Å². The molecule has 0 spiro atoms. The molecule has 3 nitrogen and oxygen atoms in total. The molecule has 1 heterocycles. The second-order valence-corrected chi connectivity index (χ2v) is 3.27. The summed E-state index contributed by atoms with van der Waals surface area (Å²) in [6.45, 7) is 3.74. The summed E-state index contributed by atoms with van der Waals surface area (Å²) in [5, 5.41) is 0. The van der Waals surface area contributed by atoms with Crippen LogP contribution in [0.3, 0.4) is 0 Å². The van der Waals surface area contributed by atoms with Crippen molar-refractivity contribution in [2.75, 3.05) is 27.2 Å². The number of rotatable bonds is 2. The zero-order valence-corrected chi connectivity index (χ0v) is 7.50. The molecule has 0 saturated carbocycles. The molecule has 0 atom stereocenters. The average Bonchev–Trinajstić information content (AvgIpc) is 1.83. The Morgan fingerprint density at radius 1 is 1.55 bits per heavy atom. The van der Waals surface area contributed by atoms with Gasteiger partial charge in [-0.2, -0.15) is 0 Å². The standard InChI is InChI=1S/C8H16N2O/c1-4-8(11)10-5-7(6-10)9(2)3/h7H,4-6H2,1-3H3. The lowest BCUT2D eigenvalue weighted by atomic mass is 10.1. The summed E-state index contributed by atoms with van der Waals surface area (Å²) < 4.78 is 0. The molecule has 0 radical (unpaired) electrons. The predicted octanol–water partition coefficient (Wildman–Crippen LogP) is 0.169. The molecule has 0 aromatic heterocycles. The third kappa shape index (κ3) is 1.71. The number of carbonyl (C=O) groups is 1. The summed E-state index contributed by atoms with van der Waals surface area (Å²) in [5.74, 6) is 0.281. The lowest BCUT2D eigenvalue weighted by Gasteiger charge is -2.42. The van der Waals surface area contributed by atoms with Crippen LogP contribution in [-0.2, 0) is 4.79 Å². The normalized spacial score (nSPS) is 18.7. The Morgan fingerprint density at radius 2 is 2.09 bits per heavy atom. The van der Waals surface area contributed by atoms with Gasteiger partial charge in [-0.1, -0.05) is 6.92 Å². The van der Waals surface area contributed by atoms with Gasteiger partial charge >= 0.3 is 0 Å². The van der Waals surface area contributed by atoms with Crippen LogP contribution in [0.5, 0.6) is 0 Å². The van der Waals surface area contributed by atoms with E-state index in [4.69, 9.17) is 0 Å². The quantitative estimate of drug-likeness (QED) is 0.569. The Labute approximate surface area is 68.0 Å². The number of amides is 1. The summed E-state index contributed by atoms with van der Waals surface area (Å²) >= 11 is 0. The Hall–Kier alpha value is -0.570. The minimum absolute atomic E-state index is 0.281. The number of likely N-dealkylation sites (tertiary alicyclic amines) is 1. The number of likely N-dealkylation sites (N-methyl/N-ethyl adjacent to an activating group) is 1. The zero-order valence-electron chi connectivity index (χ0n) is 7.50. The molecule has 0 aromatic carbocycles. The molecule has 0 N–H and O–H groups in total. The Kier molecular flexibility index (Phi) is 2.49. The van der Waals surface area contributed by atoms with Crippen LogP contribution in [0.4, 0.5) is 0 Å². The maximum Gasteiger partial charge on any atom is 0.222 e. The van der Waals surface area contributed by atoms with Crippen molar-refractivity contribution in [2.24, 2.45) is 0 Å². The third-order valence-corrected chi connectivity index (χ3v) is 2.25. The van der Waals surface area contributed by atoms with E-state index in [2.05, 4.69) is 19.0 Å². The molecule has 1 rings (SSSR count). The van der Waals surface area contributed by atoms with E-state index in [-0.39, 0.29) is 5.91 Å². The van der Waals surface area contributed by atoms with Gasteiger partial charge < -0.3 is 9.80 Å². The molecule has 0 unspecified atom stereocenters. The van der Waals surface area contributed by atoms with Gasteiger partial charge in [-0.15, -0.1) is 0 Å². The third-order valence-electron chi connectivity index (χ3n) is 2.25. The van der Waals surface area contributed by atoms with Gasteiger partial charge in [0.2, 0.25) is 5.91 Å². The van der Waals surface area contributed by atoms with Crippen LogP contribution in [0.25, 0.3) is 0 Å². The van der Waals surface area contributed by atoms with Crippen molar-refractivity contribution in [1.29, 1.82) is 0 Å². The first-order valence-corrected chi connectivity index (χ1v) is 4.09. The number of hydrogen-bond donors (Lipinski definition) is 0. The van der Waals surface area contributed by atoms with Gasteiger partial charge in [0.15, 0.2) is 0 Å². The SMILES string of the molecule is CCC(=O)N1CC(N(C)C)C1. The minimum atomic E-state index is 0.281. The average molecular weight is 156 g/mol. The fourth-order valence-corrected chi connectivity index (χ4v) is 1.21. The minimum Gasteiger partial charge on any atom is -0.339 e. The van der Waals surface area contributed by atoms with E-state index in [0.29, 0.717) is 12.5 Å². The van der Waals surface area contributed by atoms with Crippen molar-refractivity contribution >= 4 is 5.91 Å². The molecule has 1 aliphatic heterocycles. The van der Waals surface area contributed by atoms with E-state index < -0.39 is 0 Å². The lowest BCUT2D eigenvalue weighted by Crippen LogP contribution is -2.59. The lowest BCUT2D eigenvalue weighted by molar-refractivity contribution is -0.137. The van der Waals surface area contributed by atoms with Crippen LogP contribution in [0.15, 0.2) is 0 Å². The van der Waals surface area contributed by atoms with E-state index in [1.54, 1.807) is 0 Å². The second kappa shape index (κ2) is 3.22. The van der Waals surface area contributed by atoms with E-state index in [9.17, 15) is 4.79 Å². The van der Waals surface area contributed by atoms with Gasteiger partial charge in [-0.3, -0.25) is 4.79 Å². The predicted molar refractivity (Wildman–Crippen MR) is 44.3 cm³/mol. The van der Waals surface area contributed by atoms with Gasteiger partial charge in [0.1, 0.15) is 0 Å². The van der Waals surface area contributed by atoms with E-state index >= 15 is 0 Å². The highest BCUT2D eigenvalue weighted by atomic mass is 16.2. The first-order chi connectivity index (χ1) is 5.15. The number of nitrogens with zero attached hydrogens (tertiary/aromatic N) is 2. The van der Waals surface area contributed by atoms with Gasteiger partial charge in [0.25, 0.3) is 0 Å². The second-order valence-electron chi connectivity index (χ2n) is 3.27. The highest BCUT2D eigenvalue weighted by Crippen LogP contribution is 2.12. The molecule has 1 fully saturated rings. The monoisotopic (exact) mass is 156 g/mol. The zero-order chi connectivity index (χ0) is 8.43. The fourth-order valence-electron chi connectivity index (χ4n) is 1.21. The topological polar surface area (TPSA) is 23.6 Å². The van der Waals surface area contributed by atoms with E-state index in [0.717, 1.165) is 13.1 Å². The molecule has 0 aromatic rings. The summed E-state index contributed by atoms with van der Waals surface area (Å²) in [5.41, 5.74) is 0. The fraction of sp³-hybridized carbons (Fsp3) is 0.875. The maximum atomic E-state index is 11.1. The van der Waals surface area contributed by atoms with Crippen LogP contribution >= 0.6 is 0 Å². The van der Waals surface area contributed by atoms with Crippen molar-refractivity contribution in [2.45, 2.75) is 19.4 Å². The Balaban J connectivity index is 2.24. The molecule has 0 aliphatic carbocycles. The van der Waals surface area contributed by atoms with Crippen molar-refractivity contribution in [1.82, 2.24) is 9.80 Å². The maximum absolute atomic E-state index is 11.1. The van der Waals surface area contributed by atoms with Gasteiger partial charge in [-0.05, 0) is 14.1 Å². The molecule has 1 amide bonds. The summed E-state index contributed by atoms with van der Waals surface area (Å²) in [7, 11) is 4.11. The van der Waals surface area contributed by atoms with Gasteiger partial charge in [0, 0.05) is 25.6 Å². The molecule has 64 valence electrons. The van der Waals surface area contributed by atoms with Crippen molar-refractivity contribution in [3.8, 4) is 0 Å². The smallest absolute Gasteiger partial charge is 0.222 e. The molecular weight excluding hydrogens is 140 g/mol. The molecule has 11 heavy (non-hydrogen) atoms. The van der Waals surface area contributed by atoms with Crippen molar-refractivity contribution < 1.29 is 4.79 Å². The van der Waals surface area contributed by atoms with Crippen LogP contribution in [0.1, 0.15) is 13.3 Å². The molecule has 0 bridgehead atoms. The van der Waals surface area contributed by atoms with Crippen LogP contribution < -0.4 is 0 Å². The summed E-state index contributed by atoms with van der Waals surface area (Å²) in [6.07, 6.45) is 0.639. The Bertz CT molecular complexity index is 150. The first kappa shape index (κ1) is 8.53. The van der Waals surface area contributed by atoms with Gasteiger partial charge in [0.05, 0.1) is 0 Å². The van der Waals surface area contributed by atoms with Gasteiger partial charge in [-0.25, -0.2) is 0 Å². The Morgan fingerprint density at radius 3 is 2.45 bits per heavy atom. The van der Waals surface area contributed by atoms with Crippen molar-refractivity contribution in [3.63, 3.8) is 0 Å².